The van der Waals surface area contributed by atoms with Crippen molar-refractivity contribution in [3.8, 4) is 0 Å². The monoisotopic (exact) mass is 313 g/mol. The van der Waals surface area contributed by atoms with E-state index in [0.717, 1.165) is 38.5 Å². The Labute approximate surface area is 136 Å². The van der Waals surface area contributed by atoms with Crippen LogP contribution >= 0.6 is 0 Å². The maximum Gasteiger partial charge on any atom is 0.315 e. The van der Waals surface area contributed by atoms with Crippen LogP contribution in [0, 0.1) is 0 Å². The molecule has 4 atom stereocenters. The molecular weight excluding hydrogens is 290 g/mol. The number of hydrogen-bond acceptors (Lipinski definition) is 2. The van der Waals surface area contributed by atoms with E-state index in [4.69, 9.17) is 0 Å². The van der Waals surface area contributed by atoms with Gasteiger partial charge in [0.2, 0.25) is 5.91 Å². The second-order valence-corrected chi connectivity index (χ2v) is 6.99. The fraction of sp³-hybridized carbons (Fsp3) is 0.556. The summed E-state index contributed by atoms with van der Waals surface area (Å²) >= 11 is 0. The van der Waals surface area contributed by atoms with Gasteiger partial charge in [-0.05, 0) is 49.7 Å². The molecular formula is C18H23N3O2. The molecule has 1 heterocycles. The number of rotatable bonds is 2. The molecule has 3 N–H and O–H groups in total. The highest BCUT2D eigenvalue weighted by molar-refractivity contribution is 5.84. The molecule has 1 aliphatic heterocycles. The van der Waals surface area contributed by atoms with Gasteiger partial charge in [0.15, 0.2) is 0 Å². The highest BCUT2D eigenvalue weighted by Crippen LogP contribution is 2.32. The van der Waals surface area contributed by atoms with Crippen molar-refractivity contribution >= 4 is 11.9 Å². The van der Waals surface area contributed by atoms with Gasteiger partial charge in [-0.25, -0.2) is 4.79 Å². The number of benzene rings is 1. The van der Waals surface area contributed by atoms with Gasteiger partial charge in [-0.15, -0.1) is 0 Å². The number of carbonyl (C=O) groups is 2. The average Bonchev–Trinajstić information content (AvgIpc) is 2.93. The van der Waals surface area contributed by atoms with Crippen LogP contribution in [0.25, 0.3) is 0 Å². The van der Waals surface area contributed by atoms with Crippen LogP contribution in [0.3, 0.4) is 0 Å². The summed E-state index contributed by atoms with van der Waals surface area (Å²) in [4.78, 5) is 24.2. The zero-order chi connectivity index (χ0) is 15.8. The molecule has 0 spiro atoms. The predicted molar refractivity (Wildman–Crippen MR) is 87.1 cm³/mol. The fourth-order valence-corrected chi connectivity index (χ4v) is 4.34. The Morgan fingerprint density at radius 2 is 1.91 bits per heavy atom. The molecule has 1 aromatic carbocycles. The molecule has 1 saturated carbocycles. The van der Waals surface area contributed by atoms with E-state index in [-0.39, 0.29) is 36.0 Å². The van der Waals surface area contributed by atoms with E-state index in [9.17, 15) is 9.59 Å². The van der Waals surface area contributed by atoms with Crippen molar-refractivity contribution in [1.82, 2.24) is 16.0 Å². The number of hydrogen-bond donors (Lipinski definition) is 3. The summed E-state index contributed by atoms with van der Waals surface area (Å²) in [5.74, 6) is 0.131. The SMILES string of the molecule is O=C1NC2CCC(NC(=O)[C@H]3CCCc4ccccc43)CC2N1. The molecule has 3 unspecified atom stereocenters. The van der Waals surface area contributed by atoms with Crippen molar-refractivity contribution in [3.63, 3.8) is 0 Å². The van der Waals surface area contributed by atoms with Crippen LogP contribution in [-0.2, 0) is 11.2 Å². The molecule has 0 aromatic heterocycles. The zero-order valence-corrected chi connectivity index (χ0v) is 13.2. The minimum atomic E-state index is -0.0758. The molecule has 1 aromatic rings. The third kappa shape index (κ3) is 2.80. The number of urea groups is 1. The van der Waals surface area contributed by atoms with Gasteiger partial charge in [0.1, 0.15) is 0 Å². The summed E-state index contributed by atoms with van der Waals surface area (Å²) < 4.78 is 0. The molecule has 23 heavy (non-hydrogen) atoms. The van der Waals surface area contributed by atoms with Gasteiger partial charge in [-0.1, -0.05) is 24.3 Å². The molecule has 3 amide bonds. The van der Waals surface area contributed by atoms with Crippen LogP contribution in [0.5, 0.6) is 0 Å². The van der Waals surface area contributed by atoms with E-state index in [2.05, 4.69) is 34.1 Å². The van der Waals surface area contributed by atoms with Gasteiger partial charge in [-0.3, -0.25) is 4.79 Å². The summed E-state index contributed by atoms with van der Waals surface area (Å²) in [6.07, 6.45) is 5.76. The Balaban J connectivity index is 1.42. The molecule has 5 nitrogen and oxygen atoms in total. The number of fused-ring (bicyclic) bond motifs is 2. The lowest BCUT2D eigenvalue weighted by Gasteiger charge is -2.33. The molecule has 0 radical (unpaired) electrons. The maximum atomic E-state index is 12.8. The van der Waals surface area contributed by atoms with Gasteiger partial charge in [0.25, 0.3) is 0 Å². The number of aryl methyl sites for hydroxylation is 1. The number of carbonyl (C=O) groups excluding carboxylic acids is 2. The first kappa shape index (κ1) is 14.5. The van der Waals surface area contributed by atoms with Gasteiger partial charge in [0, 0.05) is 6.04 Å². The largest absolute Gasteiger partial charge is 0.353 e. The van der Waals surface area contributed by atoms with Crippen molar-refractivity contribution in [3.05, 3.63) is 35.4 Å². The third-order valence-corrected chi connectivity index (χ3v) is 5.52. The standard InChI is InChI=1S/C18H23N3O2/c22-17(14-7-3-5-11-4-1-2-6-13(11)14)19-12-8-9-15-16(10-12)21-18(23)20-15/h1-2,4,6,12,14-16H,3,5,7-10H2,(H,19,22)(H2,20,21,23)/t12?,14-,15?,16?/m0/s1. The molecule has 1 saturated heterocycles. The minimum absolute atomic E-state index is 0.0195. The Morgan fingerprint density at radius 1 is 1.09 bits per heavy atom. The zero-order valence-electron chi connectivity index (χ0n) is 13.2. The summed E-state index contributed by atoms with van der Waals surface area (Å²) in [7, 11) is 0. The van der Waals surface area contributed by atoms with Crippen LogP contribution in [0.4, 0.5) is 4.79 Å². The van der Waals surface area contributed by atoms with Gasteiger partial charge in [0.05, 0.1) is 18.0 Å². The molecule has 2 aliphatic carbocycles. The summed E-state index contributed by atoms with van der Waals surface area (Å²) in [5, 5.41) is 9.14. The lowest BCUT2D eigenvalue weighted by molar-refractivity contribution is -0.123. The van der Waals surface area contributed by atoms with Crippen molar-refractivity contribution in [2.75, 3.05) is 0 Å². The van der Waals surface area contributed by atoms with Crippen molar-refractivity contribution in [1.29, 1.82) is 0 Å². The molecule has 2 fully saturated rings. The quantitative estimate of drug-likeness (QED) is 0.779. The minimum Gasteiger partial charge on any atom is -0.353 e. The summed E-state index contributed by atoms with van der Waals surface area (Å²) in [6, 6.07) is 8.78. The second kappa shape index (κ2) is 5.87. The lowest BCUT2D eigenvalue weighted by Crippen LogP contribution is -2.49. The third-order valence-electron chi connectivity index (χ3n) is 5.52. The molecule has 4 rings (SSSR count). The predicted octanol–water partition coefficient (Wildman–Crippen LogP) is 1.83. The average molecular weight is 313 g/mol. The summed E-state index contributed by atoms with van der Waals surface area (Å²) in [6.45, 7) is 0. The first-order valence-corrected chi connectivity index (χ1v) is 8.66. The van der Waals surface area contributed by atoms with Crippen molar-refractivity contribution < 1.29 is 9.59 Å². The lowest BCUT2D eigenvalue weighted by atomic mass is 9.81. The van der Waals surface area contributed by atoms with E-state index in [1.807, 2.05) is 6.07 Å². The van der Waals surface area contributed by atoms with Crippen molar-refractivity contribution in [2.45, 2.75) is 62.6 Å². The Bertz CT molecular complexity index is 630. The Morgan fingerprint density at radius 3 is 2.83 bits per heavy atom. The molecule has 5 heteroatoms. The first-order chi connectivity index (χ1) is 11.2. The van der Waals surface area contributed by atoms with Crippen LogP contribution in [-0.4, -0.2) is 30.1 Å². The van der Waals surface area contributed by atoms with Crippen molar-refractivity contribution in [2.24, 2.45) is 0 Å². The Kier molecular flexibility index (Phi) is 3.71. The number of amides is 3. The maximum absolute atomic E-state index is 12.8. The van der Waals surface area contributed by atoms with E-state index in [1.54, 1.807) is 0 Å². The second-order valence-electron chi connectivity index (χ2n) is 6.99. The first-order valence-electron chi connectivity index (χ1n) is 8.66. The van der Waals surface area contributed by atoms with Gasteiger partial charge < -0.3 is 16.0 Å². The van der Waals surface area contributed by atoms with Gasteiger partial charge >= 0.3 is 6.03 Å². The molecule has 0 bridgehead atoms. The van der Waals surface area contributed by atoms with Gasteiger partial charge in [-0.2, -0.15) is 0 Å². The molecule has 3 aliphatic rings. The van der Waals surface area contributed by atoms with Crippen LogP contribution in [0.2, 0.25) is 0 Å². The van der Waals surface area contributed by atoms with E-state index in [0.29, 0.717) is 0 Å². The van der Waals surface area contributed by atoms with Crippen LogP contribution < -0.4 is 16.0 Å². The normalized spacial score (nSPS) is 32.3. The fourth-order valence-electron chi connectivity index (χ4n) is 4.34. The van der Waals surface area contributed by atoms with Crippen LogP contribution in [0.15, 0.2) is 24.3 Å². The van der Waals surface area contributed by atoms with E-state index < -0.39 is 0 Å². The number of nitrogens with one attached hydrogen (secondary N) is 3. The summed E-state index contributed by atoms with van der Waals surface area (Å²) in [5.41, 5.74) is 2.51. The van der Waals surface area contributed by atoms with E-state index >= 15 is 0 Å². The smallest absolute Gasteiger partial charge is 0.315 e. The Hall–Kier alpha value is -2.04. The van der Waals surface area contributed by atoms with Crippen LogP contribution in [0.1, 0.15) is 49.1 Å². The highest BCUT2D eigenvalue weighted by Gasteiger charge is 2.38. The van der Waals surface area contributed by atoms with E-state index in [1.165, 1.54) is 11.1 Å². The highest BCUT2D eigenvalue weighted by atomic mass is 16.2. The molecule has 122 valence electrons. The topological polar surface area (TPSA) is 70.2 Å².